The van der Waals surface area contributed by atoms with E-state index < -0.39 is 28.2 Å². The highest BCUT2D eigenvalue weighted by molar-refractivity contribution is 6.32. The molecule has 0 aliphatic heterocycles. The molecule has 14 heavy (non-hydrogen) atoms. The Kier molecular flexibility index (Phi) is 2.71. The van der Waals surface area contributed by atoms with Crippen molar-refractivity contribution in [1.29, 1.82) is 0 Å². The van der Waals surface area contributed by atoms with Crippen LogP contribution in [0.5, 0.6) is 0 Å². The van der Waals surface area contributed by atoms with Crippen molar-refractivity contribution in [1.82, 2.24) is 0 Å². The first-order valence-corrected chi connectivity index (χ1v) is 3.87. The Morgan fingerprint density at radius 1 is 1.36 bits per heavy atom. The molecule has 6 heteroatoms. The zero-order valence-corrected chi connectivity index (χ0v) is 7.49. The van der Waals surface area contributed by atoms with Gasteiger partial charge < -0.3 is 5.73 Å². The molecule has 0 radical (unpaired) electrons. The van der Waals surface area contributed by atoms with Gasteiger partial charge in [-0.2, -0.15) is 13.2 Å². The second kappa shape index (κ2) is 3.49. The first-order valence-electron chi connectivity index (χ1n) is 3.49. The van der Waals surface area contributed by atoms with Gasteiger partial charge in [0.05, 0.1) is 16.1 Å². The number of hydrogen-bond acceptors (Lipinski definition) is 1. The molecule has 0 bridgehead atoms. The molecular formula is C8H5ClF3NO. The summed E-state index contributed by atoms with van der Waals surface area (Å²) < 4.78 is 37.1. The van der Waals surface area contributed by atoms with E-state index in [0.29, 0.717) is 0 Å². The van der Waals surface area contributed by atoms with Gasteiger partial charge in [-0.3, -0.25) is 4.79 Å². The van der Waals surface area contributed by atoms with Crippen molar-refractivity contribution in [3.05, 3.63) is 34.3 Å². The molecule has 0 unspecified atom stereocenters. The zero-order chi connectivity index (χ0) is 10.9. The van der Waals surface area contributed by atoms with Crippen LogP contribution in [0.2, 0.25) is 5.02 Å². The van der Waals surface area contributed by atoms with Gasteiger partial charge in [0.15, 0.2) is 0 Å². The number of carbonyl (C=O) groups excluding carboxylic acids is 1. The van der Waals surface area contributed by atoms with Crippen molar-refractivity contribution in [2.45, 2.75) is 6.18 Å². The third kappa shape index (κ3) is 1.98. The Bertz CT molecular complexity index is 375. The Hall–Kier alpha value is -1.23. The lowest BCUT2D eigenvalue weighted by atomic mass is 10.1. The van der Waals surface area contributed by atoms with E-state index >= 15 is 0 Å². The second-order valence-electron chi connectivity index (χ2n) is 2.52. The number of alkyl halides is 3. The van der Waals surface area contributed by atoms with Crippen LogP contribution in [0, 0.1) is 0 Å². The molecule has 0 heterocycles. The molecule has 0 spiro atoms. The van der Waals surface area contributed by atoms with Crippen molar-refractivity contribution in [2.75, 3.05) is 0 Å². The maximum Gasteiger partial charge on any atom is 0.418 e. The van der Waals surface area contributed by atoms with Gasteiger partial charge in [0.2, 0.25) is 5.91 Å². The van der Waals surface area contributed by atoms with Gasteiger partial charge >= 0.3 is 6.18 Å². The number of amides is 1. The van der Waals surface area contributed by atoms with Crippen molar-refractivity contribution < 1.29 is 18.0 Å². The summed E-state index contributed by atoms with van der Waals surface area (Å²) in [6.45, 7) is 0. The van der Waals surface area contributed by atoms with E-state index in [1.807, 2.05) is 0 Å². The van der Waals surface area contributed by atoms with Crippen LogP contribution >= 0.6 is 11.6 Å². The van der Waals surface area contributed by atoms with Crippen LogP contribution in [0.1, 0.15) is 15.9 Å². The molecule has 0 saturated carbocycles. The van der Waals surface area contributed by atoms with Gasteiger partial charge in [-0.15, -0.1) is 0 Å². The number of primary amides is 1. The lowest BCUT2D eigenvalue weighted by Gasteiger charge is -2.11. The molecular weight excluding hydrogens is 219 g/mol. The van der Waals surface area contributed by atoms with Gasteiger partial charge in [-0.25, -0.2) is 0 Å². The normalized spacial score (nSPS) is 11.4. The Morgan fingerprint density at radius 2 is 1.93 bits per heavy atom. The molecule has 1 amide bonds. The minimum Gasteiger partial charge on any atom is -0.366 e. The number of nitrogens with two attached hydrogens (primary N) is 1. The molecule has 0 fully saturated rings. The smallest absolute Gasteiger partial charge is 0.366 e. The zero-order valence-electron chi connectivity index (χ0n) is 6.73. The Balaban J connectivity index is 3.45. The predicted octanol–water partition coefficient (Wildman–Crippen LogP) is 2.46. The Morgan fingerprint density at radius 3 is 2.29 bits per heavy atom. The predicted molar refractivity (Wildman–Crippen MR) is 45.0 cm³/mol. The molecule has 2 N–H and O–H groups in total. The molecule has 0 aliphatic carbocycles. The lowest BCUT2D eigenvalue weighted by Crippen LogP contribution is -2.19. The molecule has 0 saturated heterocycles. The van der Waals surface area contributed by atoms with Gasteiger partial charge in [-0.1, -0.05) is 17.7 Å². The molecule has 2 nitrogen and oxygen atoms in total. The summed E-state index contributed by atoms with van der Waals surface area (Å²) >= 11 is 5.33. The second-order valence-corrected chi connectivity index (χ2v) is 2.93. The maximum absolute atomic E-state index is 12.4. The number of halogens is 4. The van der Waals surface area contributed by atoms with Gasteiger partial charge in [0, 0.05) is 0 Å². The van der Waals surface area contributed by atoms with Crippen molar-refractivity contribution in [3.63, 3.8) is 0 Å². The van der Waals surface area contributed by atoms with E-state index in [4.69, 9.17) is 17.3 Å². The van der Waals surface area contributed by atoms with Crippen LogP contribution in [0.4, 0.5) is 13.2 Å². The summed E-state index contributed by atoms with van der Waals surface area (Å²) in [5, 5.41) is -0.534. The van der Waals surface area contributed by atoms with Crippen molar-refractivity contribution in [3.8, 4) is 0 Å². The van der Waals surface area contributed by atoms with E-state index in [2.05, 4.69) is 0 Å². The quantitative estimate of drug-likeness (QED) is 0.781. The summed E-state index contributed by atoms with van der Waals surface area (Å²) in [5.74, 6) is -1.15. The van der Waals surface area contributed by atoms with Crippen LogP contribution in [0.15, 0.2) is 18.2 Å². The molecule has 1 aromatic rings. The molecule has 1 aromatic carbocycles. The van der Waals surface area contributed by atoms with Gasteiger partial charge in [0.1, 0.15) is 0 Å². The van der Waals surface area contributed by atoms with Crippen LogP contribution in [0.25, 0.3) is 0 Å². The number of carbonyl (C=O) groups is 1. The lowest BCUT2D eigenvalue weighted by molar-refractivity contribution is -0.137. The molecule has 76 valence electrons. The maximum atomic E-state index is 12.4. The molecule has 1 rings (SSSR count). The SMILES string of the molecule is NC(=O)c1cccc(Cl)c1C(F)(F)F. The minimum absolute atomic E-state index is 0.534. The standard InChI is InChI=1S/C8H5ClF3NO/c9-5-3-1-2-4(7(13)14)6(5)8(10,11)12/h1-3H,(H2,13,14). The fraction of sp³-hybridized carbons (Fsp3) is 0.125. The van der Waals surface area contributed by atoms with Crippen molar-refractivity contribution in [2.24, 2.45) is 5.73 Å². The van der Waals surface area contributed by atoms with E-state index in [1.54, 1.807) is 0 Å². The number of rotatable bonds is 1. The first-order chi connectivity index (χ1) is 6.34. The fourth-order valence-electron chi connectivity index (χ4n) is 1.02. The summed E-state index contributed by atoms with van der Waals surface area (Å²) in [5.41, 5.74) is 2.98. The average Bonchev–Trinajstić information content (AvgIpc) is 2.01. The molecule has 0 aromatic heterocycles. The highest BCUT2D eigenvalue weighted by Crippen LogP contribution is 2.36. The van der Waals surface area contributed by atoms with E-state index in [9.17, 15) is 18.0 Å². The Labute approximate surface area is 82.5 Å². The summed E-state index contributed by atoms with van der Waals surface area (Å²) in [7, 11) is 0. The van der Waals surface area contributed by atoms with E-state index in [1.165, 1.54) is 6.07 Å². The summed E-state index contributed by atoms with van der Waals surface area (Å²) in [6, 6.07) is 3.27. The van der Waals surface area contributed by atoms with Gasteiger partial charge in [0.25, 0.3) is 0 Å². The largest absolute Gasteiger partial charge is 0.418 e. The minimum atomic E-state index is -4.68. The first kappa shape index (κ1) is 10.8. The van der Waals surface area contributed by atoms with Crippen LogP contribution < -0.4 is 5.73 Å². The fourth-order valence-corrected chi connectivity index (χ4v) is 1.30. The highest BCUT2D eigenvalue weighted by atomic mass is 35.5. The monoisotopic (exact) mass is 223 g/mol. The molecule has 0 atom stereocenters. The van der Waals surface area contributed by atoms with E-state index in [0.717, 1.165) is 12.1 Å². The van der Waals surface area contributed by atoms with Crippen LogP contribution in [-0.4, -0.2) is 5.91 Å². The van der Waals surface area contributed by atoms with Crippen LogP contribution in [-0.2, 0) is 6.18 Å². The highest BCUT2D eigenvalue weighted by Gasteiger charge is 2.37. The third-order valence-electron chi connectivity index (χ3n) is 1.56. The average molecular weight is 224 g/mol. The van der Waals surface area contributed by atoms with Crippen molar-refractivity contribution >= 4 is 17.5 Å². The van der Waals surface area contributed by atoms with Crippen LogP contribution in [0.3, 0.4) is 0 Å². The summed E-state index contributed by atoms with van der Waals surface area (Å²) in [6.07, 6.45) is -4.68. The molecule has 0 aliphatic rings. The number of hydrogen-bond donors (Lipinski definition) is 1. The van der Waals surface area contributed by atoms with E-state index in [-0.39, 0.29) is 0 Å². The number of benzene rings is 1. The topological polar surface area (TPSA) is 43.1 Å². The summed E-state index contributed by atoms with van der Waals surface area (Å²) in [4.78, 5) is 10.7. The third-order valence-corrected chi connectivity index (χ3v) is 1.88. The van der Waals surface area contributed by atoms with Gasteiger partial charge in [-0.05, 0) is 12.1 Å².